The monoisotopic (exact) mass is 577 g/mol. The lowest BCUT2D eigenvalue weighted by molar-refractivity contribution is -0.140. The van der Waals surface area contributed by atoms with E-state index in [4.69, 9.17) is 27.9 Å². The van der Waals surface area contributed by atoms with Crippen LogP contribution in [0.15, 0.2) is 77.7 Å². The van der Waals surface area contributed by atoms with E-state index in [1.54, 1.807) is 61.5 Å². The second kappa shape index (κ2) is 13.0. The Morgan fingerprint density at radius 1 is 0.974 bits per heavy atom. The van der Waals surface area contributed by atoms with Crippen molar-refractivity contribution < 1.29 is 22.7 Å². The van der Waals surface area contributed by atoms with Crippen molar-refractivity contribution in [1.82, 2.24) is 10.2 Å². The number of nitrogens with zero attached hydrogens (tertiary/aromatic N) is 2. The number of anilines is 1. The number of hydrogen-bond donors (Lipinski definition) is 1. The number of methoxy groups -OCH3 is 1. The van der Waals surface area contributed by atoms with E-state index in [-0.39, 0.29) is 23.5 Å². The molecule has 8 nitrogen and oxygen atoms in total. The molecule has 38 heavy (non-hydrogen) atoms. The molecule has 11 heteroatoms. The number of benzene rings is 3. The third-order valence-corrected chi connectivity index (χ3v) is 8.47. The summed E-state index contributed by atoms with van der Waals surface area (Å²) in [5.74, 6) is -0.596. The smallest absolute Gasteiger partial charge is 0.264 e. The highest BCUT2D eigenvalue weighted by Crippen LogP contribution is 2.30. The van der Waals surface area contributed by atoms with Gasteiger partial charge in [-0.25, -0.2) is 8.42 Å². The normalized spacial score (nSPS) is 11.9. The molecule has 0 aliphatic rings. The fourth-order valence-electron chi connectivity index (χ4n) is 3.95. The van der Waals surface area contributed by atoms with Gasteiger partial charge in [0.25, 0.3) is 10.0 Å². The first kappa shape index (κ1) is 29.3. The summed E-state index contributed by atoms with van der Waals surface area (Å²) in [4.78, 5) is 28.0. The summed E-state index contributed by atoms with van der Waals surface area (Å²) in [6.45, 7) is 1.08. The third kappa shape index (κ3) is 6.59. The van der Waals surface area contributed by atoms with E-state index in [9.17, 15) is 18.0 Å². The van der Waals surface area contributed by atoms with Crippen LogP contribution in [0.2, 0.25) is 10.0 Å². The molecule has 0 spiro atoms. The highest BCUT2D eigenvalue weighted by Gasteiger charge is 2.34. The summed E-state index contributed by atoms with van der Waals surface area (Å²) in [6.07, 6.45) is 0.276. The van der Waals surface area contributed by atoms with Crippen LogP contribution in [-0.4, -0.2) is 51.9 Å². The van der Waals surface area contributed by atoms with E-state index in [1.165, 1.54) is 37.3 Å². The van der Waals surface area contributed by atoms with E-state index in [0.29, 0.717) is 21.4 Å². The van der Waals surface area contributed by atoms with Crippen molar-refractivity contribution >= 4 is 50.7 Å². The lowest BCUT2D eigenvalue weighted by atomic mass is 10.1. The quantitative estimate of drug-likeness (QED) is 0.354. The molecule has 0 aliphatic heterocycles. The molecule has 0 aliphatic carbocycles. The molecule has 2 amide bonds. The van der Waals surface area contributed by atoms with Crippen LogP contribution < -0.4 is 14.4 Å². The number of likely N-dealkylation sites (N-methyl/N-ethyl adjacent to an activating group) is 1. The minimum Gasteiger partial charge on any atom is -0.497 e. The van der Waals surface area contributed by atoms with E-state index >= 15 is 0 Å². The maximum Gasteiger partial charge on any atom is 0.264 e. The molecule has 1 N–H and O–H groups in total. The second-order valence-electron chi connectivity index (χ2n) is 8.29. The number of sulfonamides is 1. The number of amides is 2. The zero-order valence-corrected chi connectivity index (χ0v) is 23.6. The van der Waals surface area contributed by atoms with Crippen LogP contribution >= 0.6 is 23.2 Å². The fraction of sp³-hybridized carbons (Fsp3) is 0.259. The Morgan fingerprint density at radius 3 is 2.18 bits per heavy atom. The number of halogens is 2. The van der Waals surface area contributed by atoms with Crippen LogP contribution in [0.1, 0.15) is 18.9 Å². The molecule has 0 aromatic heterocycles. The Balaban J connectivity index is 2.10. The summed E-state index contributed by atoms with van der Waals surface area (Å²) < 4.78 is 33.8. The van der Waals surface area contributed by atoms with Gasteiger partial charge >= 0.3 is 0 Å². The predicted octanol–water partition coefficient (Wildman–Crippen LogP) is 4.75. The van der Waals surface area contributed by atoms with Gasteiger partial charge in [-0.3, -0.25) is 13.9 Å². The van der Waals surface area contributed by atoms with Gasteiger partial charge in [-0.15, -0.1) is 0 Å². The van der Waals surface area contributed by atoms with Gasteiger partial charge in [0, 0.05) is 35.3 Å². The molecule has 3 rings (SSSR count). The van der Waals surface area contributed by atoms with Crippen molar-refractivity contribution in [3.05, 3.63) is 88.4 Å². The number of nitrogens with one attached hydrogen (secondary N) is 1. The van der Waals surface area contributed by atoms with Crippen LogP contribution in [0, 0.1) is 0 Å². The molecule has 0 bridgehead atoms. The van der Waals surface area contributed by atoms with Crippen LogP contribution in [-0.2, 0) is 26.2 Å². The Labute approximate surface area is 233 Å². The maximum absolute atomic E-state index is 13.9. The SMILES string of the molecule is CC[C@H](C(=O)NC)N(Cc1c(Cl)cccc1Cl)C(=O)CN(c1cccc(OC)c1)S(=O)(=O)c1ccccc1. The highest BCUT2D eigenvalue weighted by molar-refractivity contribution is 7.92. The summed E-state index contributed by atoms with van der Waals surface area (Å²) in [7, 11) is -1.24. The Bertz CT molecular complexity index is 1370. The van der Waals surface area contributed by atoms with Gasteiger partial charge in [0.2, 0.25) is 11.8 Å². The number of carbonyl (C=O) groups is 2. The minimum absolute atomic E-state index is 0.00895. The zero-order valence-electron chi connectivity index (χ0n) is 21.2. The number of rotatable bonds is 11. The molecular weight excluding hydrogens is 549 g/mol. The van der Waals surface area contributed by atoms with Crippen LogP contribution in [0.5, 0.6) is 5.75 Å². The number of carbonyl (C=O) groups excluding carboxylic acids is 2. The van der Waals surface area contributed by atoms with E-state index in [1.807, 2.05) is 0 Å². The molecule has 0 fully saturated rings. The van der Waals surface area contributed by atoms with E-state index in [0.717, 1.165) is 4.31 Å². The fourth-order valence-corrected chi connectivity index (χ4v) is 5.90. The maximum atomic E-state index is 13.9. The molecule has 0 saturated carbocycles. The standard InChI is InChI=1S/C27H29Cl2N3O5S/c1-4-25(27(34)30-2)31(17-22-23(28)14-9-15-24(22)29)26(33)18-32(19-10-8-11-20(16-19)37-3)38(35,36)21-12-6-5-7-13-21/h5-16,25H,4,17-18H2,1-3H3,(H,30,34)/t25-/m1/s1. The zero-order chi connectivity index (χ0) is 27.9. The highest BCUT2D eigenvalue weighted by atomic mass is 35.5. The van der Waals surface area contributed by atoms with Crippen LogP contribution in [0.4, 0.5) is 5.69 Å². The summed E-state index contributed by atoms with van der Waals surface area (Å²) in [5, 5.41) is 3.22. The van der Waals surface area contributed by atoms with E-state index < -0.39 is 34.4 Å². The summed E-state index contributed by atoms with van der Waals surface area (Å²) >= 11 is 12.8. The van der Waals surface area contributed by atoms with Gasteiger partial charge in [0.15, 0.2) is 0 Å². The van der Waals surface area contributed by atoms with Crippen molar-refractivity contribution in [2.24, 2.45) is 0 Å². The lowest BCUT2D eigenvalue weighted by Crippen LogP contribution is -2.51. The van der Waals surface area contributed by atoms with Gasteiger partial charge in [0.05, 0.1) is 17.7 Å². The number of hydrogen-bond acceptors (Lipinski definition) is 5. The van der Waals surface area contributed by atoms with Crippen molar-refractivity contribution in [2.45, 2.75) is 30.8 Å². The molecule has 1 atom stereocenters. The second-order valence-corrected chi connectivity index (χ2v) is 11.0. The molecule has 0 radical (unpaired) electrons. The molecule has 202 valence electrons. The van der Waals surface area contributed by atoms with Gasteiger partial charge in [0.1, 0.15) is 18.3 Å². The molecular formula is C27H29Cl2N3O5S. The summed E-state index contributed by atoms with van der Waals surface area (Å²) in [6, 6.07) is 18.2. The predicted molar refractivity (Wildman–Crippen MR) is 149 cm³/mol. The average molecular weight is 579 g/mol. The lowest BCUT2D eigenvalue weighted by Gasteiger charge is -2.33. The topological polar surface area (TPSA) is 96.0 Å². The van der Waals surface area contributed by atoms with Gasteiger partial charge < -0.3 is 15.0 Å². The first-order valence-corrected chi connectivity index (χ1v) is 14.0. The van der Waals surface area contributed by atoms with Crippen molar-refractivity contribution in [3.8, 4) is 5.75 Å². The largest absolute Gasteiger partial charge is 0.497 e. The van der Waals surface area contributed by atoms with Crippen molar-refractivity contribution in [3.63, 3.8) is 0 Å². The molecule has 0 unspecified atom stereocenters. The first-order valence-electron chi connectivity index (χ1n) is 11.8. The molecule has 0 heterocycles. The van der Waals surface area contributed by atoms with Gasteiger partial charge in [-0.1, -0.05) is 60.5 Å². The molecule has 0 saturated heterocycles. The molecule has 3 aromatic rings. The van der Waals surface area contributed by atoms with Crippen molar-refractivity contribution in [2.75, 3.05) is 25.0 Å². The van der Waals surface area contributed by atoms with Crippen molar-refractivity contribution in [1.29, 1.82) is 0 Å². The van der Waals surface area contributed by atoms with E-state index in [2.05, 4.69) is 5.32 Å². The Kier molecular flexibility index (Phi) is 10.0. The summed E-state index contributed by atoms with van der Waals surface area (Å²) in [5.41, 5.74) is 0.677. The minimum atomic E-state index is -4.18. The number of ether oxygens (including phenoxy) is 1. The Morgan fingerprint density at radius 2 is 1.61 bits per heavy atom. The van der Waals surface area contributed by atoms with Gasteiger partial charge in [-0.2, -0.15) is 0 Å². The molecule has 3 aromatic carbocycles. The third-order valence-electron chi connectivity index (χ3n) is 5.97. The average Bonchev–Trinajstić information content (AvgIpc) is 2.93. The van der Waals surface area contributed by atoms with Gasteiger partial charge in [-0.05, 0) is 42.8 Å². The Hall–Kier alpha value is -3.27. The van der Waals surface area contributed by atoms with Crippen LogP contribution in [0.25, 0.3) is 0 Å². The van der Waals surface area contributed by atoms with Crippen LogP contribution in [0.3, 0.4) is 0 Å². The first-order chi connectivity index (χ1) is 18.1.